The molecule has 138 valence electrons. The number of rotatable bonds is 5. The van der Waals surface area contributed by atoms with Crippen molar-refractivity contribution in [3.63, 3.8) is 0 Å². The minimum atomic E-state index is -0.323. The first-order valence-corrected chi connectivity index (χ1v) is 9.03. The van der Waals surface area contributed by atoms with Gasteiger partial charge in [-0.25, -0.2) is 4.98 Å². The maximum Gasteiger partial charge on any atom is 0.225 e. The third-order valence-electron chi connectivity index (χ3n) is 5.15. The van der Waals surface area contributed by atoms with E-state index in [0.29, 0.717) is 19.4 Å². The van der Waals surface area contributed by atoms with Gasteiger partial charge in [-0.3, -0.25) is 9.59 Å². The molecule has 0 unspecified atom stereocenters. The molecule has 2 amide bonds. The zero-order valence-corrected chi connectivity index (χ0v) is 15.6. The molecule has 6 heteroatoms. The van der Waals surface area contributed by atoms with Crippen LogP contribution in [-0.4, -0.2) is 39.9 Å². The van der Waals surface area contributed by atoms with Crippen LogP contribution in [0.15, 0.2) is 36.7 Å². The van der Waals surface area contributed by atoms with Crippen molar-refractivity contribution in [3.8, 4) is 0 Å². The van der Waals surface area contributed by atoms with Gasteiger partial charge in [0.2, 0.25) is 11.8 Å². The fourth-order valence-corrected chi connectivity index (χ4v) is 3.54. The van der Waals surface area contributed by atoms with E-state index in [1.165, 1.54) is 11.1 Å². The van der Waals surface area contributed by atoms with E-state index < -0.39 is 0 Å². The van der Waals surface area contributed by atoms with E-state index in [0.717, 1.165) is 12.2 Å². The first kappa shape index (κ1) is 18.2. The average Bonchev–Trinajstić information content (AvgIpc) is 3.04. The first-order chi connectivity index (χ1) is 12.5. The number of likely N-dealkylation sites (tertiary alicyclic amines) is 1. The van der Waals surface area contributed by atoms with Crippen molar-refractivity contribution < 1.29 is 9.59 Å². The summed E-state index contributed by atoms with van der Waals surface area (Å²) in [5, 5.41) is 3.05. The summed E-state index contributed by atoms with van der Waals surface area (Å²) in [4.78, 5) is 31.0. The van der Waals surface area contributed by atoms with Crippen LogP contribution in [-0.2, 0) is 23.1 Å². The van der Waals surface area contributed by atoms with E-state index in [9.17, 15) is 9.59 Å². The second kappa shape index (κ2) is 7.72. The highest BCUT2D eigenvalue weighted by Crippen LogP contribution is 2.34. The molecule has 26 heavy (non-hydrogen) atoms. The van der Waals surface area contributed by atoms with Crippen LogP contribution in [0.25, 0.3) is 0 Å². The minimum Gasteiger partial charge on any atom is -0.355 e. The predicted octanol–water partition coefficient (Wildman–Crippen LogP) is 2.00. The lowest BCUT2D eigenvalue weighted by Gasteiger charge is -2.37. The largest absolute Gasteiger partial charge is 0.355 e. The van der Waals surface area contributed by atoms with E-state index >= 15 is 0 Å². The van der Waals surface area contributed by atoms with Gasteiger partial charge in [-0.1, -0.05) is 29.8 Å². The summed E-state index contributed by atoms with van der Waals surface area (Å²) in [6.07, 6.45) is 5.29. The highest BCUT2D eigenvalue weighted by Gasteiger charge is 2.40. The molecular weight excluding hydrogens is 328 g/mol. The van der Waals surface area contributed by atoms with Gasteiger partial charge >= 0.3 is 0 Å². The lowest BCUT2D eigenvalue weighted by Crippen LogP contribution is -2.47. The van der Waals surface area contributed by atoms with Gasteiger partial charge in [0.15, 0.2) is 0 Å². The summed E-state index contributed by atoms with van der Waals surface area (Å²) < 4.78 is 1.88. The Labute approximate surface area is 154 Å². The van der Waals surface area contributed by atoms with E-state index in [1.54, 1.807) is 18.1 Å². The van der Waals surface area contributed by atoms with Crippen molar-refractivity contribution >= 4 is 11.8 Å². The van der Waals surface area contributed by atoms with Crippen molar-refractivity contribution in [1.29, 1.82) is 0 Å². The molecule has 1 N–H and O–H groups in total. The Morgan fingerprint density at radius 1 is 1.27 bits per heavy atom. The van der Waals surface area contributed by atoms with Crippen LogP contribution in [0.3, 0.4) is 0 Å². The van der Waals surface area contributed by atoms with Crippen LogP contribution in [0.4, 0.5) is 0 Å². The molecule has 0 radical (unpaired) electrons. The minimum absolute atomic E-state index is 0.00976. The van der Waals surface area contributed by atoms with Crippen LogP contribution in [0, 0.1) is 12.8 Å². The summed E-state index contributed by atoms with van der Waals surface area (Å²) in [5.41, 5.74) is 2.43. The topological polar surface area (TPSA) is 67.2 Å². The number of piperidine rings is 1. The molecular formula is C20H26N4O2. The van der Waals surface area contributed by atoms with Crippen molar-refractivity contribution in [2.45, 2.75) is 32.2 Å². The van der Waals surface area contributed by atoms with Crippen LogP contribution in [0.1, 0.15) is 35.8 Å². The fourth-order valence-electron chi connectivity index (χ4n) is 3.54. The molecule has 0 bridgehead atoms. The van der Waals surface area contributed by atoms with Crippen LogP contribution in [0.5, 0.6) is 0 Å². The lowest BCUT2D eigenvalue weighted by atomic mass is 9.87. The van der Waals surface area contributed by atoms with Crippen molar-refractivity contribution in [3.05, 3.63) is 53.6 Å². The summed E-state index contributed by atoms with van der Waals surface area (Å²) in [6, 6.07) is 8.01. The Balaban J connectivity index is 1.67. The second-order valence-corrected chi connectivity index (χ2v) is 7.02. The molecule has 1 saturated heterocycles. The van der Waals surface area contributed by atoms with Gasteiger partial charge in [-0.05, 0) is 25.3 Å². The molecule has 2 atom stereocenters. The number of aromatic nitrogens is 2. The normalized spacial score (nSPS) is 20.3. The maximum absolute atomic E-state index is 12.8. The summed E-state index contributed by atoms with van der Waals surface area (Å²) in [5.74, 6) is 0.516. The van der Waals surface area contributed by atoms with Gasteiger partial charge in [-0.2, -0.15) is 0 Å². The Kier molecular flexibility index (Phi) is 5.40. The Bertz CT molecular complexity index is 781. The molecule has 0 spiro atoms. The quantitative estimate of drug-likeness (QED) is 0.893. The van der Waals surface area contributed by atoms with Crippen molar-refractivity contribution in [2.24, 2.45) is 13.0 Å². The number of nitrogens with zero attached hydrogens (tertiary/aromatic N) is 3. The highest BCUT2D eigenvalue weighted by molar-refractivity contribution is 5.84. The first-order valence-electron chi connectivity index (χ1n) is 9.03. The number of amides is 2. The molecule has 1 aliphatic heterocycles. The van der Waals surface area contributed by atoms with Crippen LogP contribution < -0.4 is 5.32 Å². The molecule has 2 aromatic rings. The third-order valence-corrected chi connectivity index (χ3v) is 5.15. The number of aryl methyl sites for hydroxylation is 2. The summed E-state index contributed by atoms with van der Waals surface area (Å²) >= 11 is 0. The highest BCUT2D eigenvalue weighted by atomic mass is 16.2. The van der Waals surface area contributed by atoms with Crippen molar-refractivity contribution in [1.82, 2.24) is 19.8 Å². The number of hydrogen-bond donors (Lipinski definition) is 1. The molecule has 1 aromatic carbocycles. The Hall–Kier alpha value is -2.63. The monoisotopic (exact) mass is 354 g/mol. The van der Waals surface area contributed by atoms with Gasteiger partial charge in [-0.15, -0.1) is 0 Å². The maximum atomic E-state index is 12.8. The number of nitrogens with one attached hydrogen (secondary N) is 1. The van der Waals surface area contributed by atoms with E-state index in [1.807, 2.05) is 17.8 Å². The fraction of sp³-hybridized carbons (Fsp3) is 0.450. The lowest BCUT2D eigenvalue weighted by molar-refractivity contribution is -0.142. The number of imidazole rings is 1. The zero-order valence-electron chi connectivity index (χ0n) is 15.6. The van der Waals surface area contributed by atoms with Crippen LogP contribution >= 0.6 is 0 Å². The van der Waals surface area contributed by atoms with E-state index in [-0.39, 0.29) is 23.8 Å². The number of benzene rings is 1. The molecule has 2 heterocycles. The van der Waals surface area contributed by atoms with Gasteiger partial charge in [0.1, 0.15) is 11.9 Å². The average molecular weight is 354 g/mol. The number of carbonyl (C=O) groups excluding carboxylic acids is 2. The molecule has 1 aromatic heterocycles. The molecule has 6 nitrogen and oxygen atoms in total. The molecule has 0 aliphatic carbocycles. The van der Waals surface area contributed by atoms with Gasteiger partial charge in [0.25, 0.3) is 0 Å². The van der Waals surface area contributed by atoms with Gasteiger partial charge < -0.3 is 14.8 Å². The zero-order chi connectivity index (χ0) is 18.7. The SMILES string of the molecule is Cc1ccc(CCNC(=O)[C@H]2CCC(=O)N(C)[C@@H]2c2nccn2C)cc1. The molecule has 1 fully saturated rings. The molecule has 0 saturated carbocycles. The summed E-state index contributed by atoms with van der Waals surface area (Å²) in [6.45, 7) is 2.65. The van der Waals surface area contributed by atoms with Gasteiger partial charge in [0.05, 0.1) is 5.92 Å². The Morgan fingerprint density at radius 2 is 2.00 bits per heavy atom. The van der Waals surface area contributed by atoms with Crippen molar-refractivity contribution in [2.75, 3.05) is 13.6 Å². The third kappa shape index (κ3) is 3.79. The van der Waals surface area contributed by atoms with Gasteiger partial charge in [0, 0.05) is 39.5 Å². The van der Waals surface area contributed by atoms with E-state index in [4.69, 9.17) is 0 Å². The smallest absolute Gasteiger partial charge is 0.225 e. The predicted molar refractivity (Wildman–Crippen MR) is 99.3 cm³/mol. The number of hydrogen-bond acceptors (Lipinski definition) is 3. The second-order valence-electron chi connectivity index (χ2n) is 7.02. The summed E-state index contributed by atoms with van der Waals surface area (Å²) in [7, 11) is 3.65. The molecule has 3 rings (SSSR count). The Morgan fingerprint density at radius 3 is 2.65 bits per heavy atom. The molecule has 1 aliphatic rings. The van der Waals surface area contributed by atoms with E-state index in [2.05, 4.69) is 41.5 Å². The van der Waals surface area contributed by atoms with Crippen LogP contribution in [0.2, 0.25) is 0 Å². The number of carbonyl (C=O) groups is 2. The standard InChI is InChI=1S/C20H26N4O2/c1-14-4-6-15(7-5-14)10-11-22-20(26)16-8-9-17(25)24(3)18(16)19-21-12-13-23(19)2/h4-7,12-13,16,18H,8-11H2,1-3H3,(H,22,26)/t16-,18-/m0/s1.